The van der Waals surface area contributed by atoms with Gasteiger partial charge in [-0.3, -0.25) is 4.79 Å². The van der Waals surface area contributed by atoms with Gasteiger partial charge < -0.3 is 14.9 Å². The Hall–Kier alpha value is -3.15. The Balaban J connectivity index is 1.28. The molecule has 0 unspecified atom stereocenters. The first-order chi connectivity index (χ1) is 14.1. The first-order valence-electron chi connectivity index (χ1n) is 9.88. The van der Waals surface area contributed by atoms with Crippen LogP contribution in [0.2, 0.25) is 0 Å². The lowest BCUT2D eigenvalue weighted by atomic mass is 9.89. The first kappa shape index (κ1) is 17.9. The zero-order valence-electron chi connectivity index (χ0n) is 15.8. The third-order valence-electron chi connectivity index (χ3n) is 6.03. The SMILES string of the molecule is O=C(Cc1c[nH]c2ccc(F)cc12)N1CCC(c2c[nH]c3ccc(F)cc23)CC1. The summed E-state index contributed by atoms with van der Waals surface area (Å²) in [7, 11) is 0. The molecule has 2 aromatic heterocycles. The third-order valence-corrected chi connectivity index (χ3v) is 6.03. The summed E-state index contributed by atoms with van der Waals surface area (Å²) in [5.74, 6) is -0.182. The molecule has 1 saturated heterocycles. The molecule has 4 nitrogen and oxygen atoms in total. The van der Waals surface area contributed by atoms with Gasteiger partial charge in [0.05, 0.1) is 6.42 Å². The Morgan fingerprint density at radius 1 is 0.931 bits per heavy atom. The van der Waals surface area contributed by atoms with Gasteiger partial charge in [0.25, 0.3) is 0 Å². The summed E-state index contributed by atoms with van der Waals surface area (Å²) >= 11 is 0. The highest BCUT2D eigenvalue weighted by Gasteiger charge is 2.26. The van der Waals surface area contributed by atoms with Crippen molar-refractivity contribution in [2.45, 2.75) is 25.2 Å². The van der Waals surface area contributed by atoms with E-state index in [1.54, 1.807) is 24.4 Å². The van der Waals surface area contributed by atoms with Crippen LogP contribution in [0.3, 0.4) is 0 Å². The Kier molecular flexibility index (Phi) is 4.34. The number of likely N-dealkylation sites (tertiary alicyclic amines) is 1. The standard InChI is InChI=1S/C23H21F2N3O/c24-16-1-3-21-18(10-16)15(12-26-21)9-23(29)28-7-5-14(6-8-28)20-13-27-22-4-2-17(25)11-19(20)22/h1-4,10-14,26-27H,5-9H2. The van der Waals surface area contributed by atoms with Crippen molar-refractivity contribution in [3.8, 4) is 0 Å². The van der Waals surface area contributed by atoms with E-state index in [0.29, 0.717) is 19.0 Å². The van der Waals surface area contributed by atoms with Crippen LogP contribution in [0.5, 0.6) is 0 Å². The number of aromatic amines is 2. The van der Waals surface area contributed by atoms with Crippen LogP contribution >= 0.6 is 0 Å². The molecule has 0 atom stereocenters. The van der Waals surface area contributed by atoms with Crippen molar-refractivity contribution in [1.82, 2.24) is 14.9 Å². The normalized spacial score (nSPS) is 15.4. The molecule has 148 valence electrons. The summed E-state index contributed by atoms with van der Waals surface area (Å²) in [6.45, 7) is 1.34. The molecule has 0 bridgehead atoms. The van der Waals surface area contributed by atoms with E-state index in [0.717, 1.165) is 45.8 Å². The molecule has 0 aliphatic carbocycles. The minimum absolute atomic E-state index is 0.0542. The fourth-order valence-corrected chi connectivity index (χ4v) is 4.46. The monoisotopic (exact) mass is 393 g/mol. The number of rotatable bonds is 3. The van der Waals surface area contributed by atoms with E-state index in [9.17, 15) is 13.6 Å². The molecule has 0 spiro atoms. The van der Waals surface area contributed by atoms with E-state index in [1.807, 2.05) is 11.1 Å². The summed E-state index contributed by atoms with van der Waals surface area (Å²) in [5.41, 5.74) is 3.71. The van der Waals surface area contributed by atoms with Crippen LogP contribution in [0, 0.1) is 11.6 Å². The summed E-state index contributed by atoms with van der Waals surface area (Å²) in [5, 5.41) is 1.68. The molecule has 1 aliphatic rings. The van der Waals surface area contributed by atoms with Crippen molar-refractivity contribution in [3.05, 3.63) is 71.6 Å². The number of halogens is 2. The van der Waals surface area contributed by atoms with Crippen molar-refractivity contribution in [1.29, 1.82) is 0 Å². The van der Waals surface area contributed by atoms with Gasteiger partial charge in [-0.2, -0.15) is 0 Å². The number of carbonyl (C=O) groups is 1. The minimum atomic E-state index is -0.304. The number of piperidine rings is 1. The van der Waals surface area contributed by atoms with Gasteiger partial charge in [-0.1, -0.05) is 0 Å². The number of nitrogens with one attached hydrogen (secondary N) is 2. The van der Waals surface area contributed by atoms with Gasteiger partial charge >= 0.3 is 0 Å². The number of amides is 1. The number of carbonyl (C=O) groups excluding carboxylic acids is 1. The van der Waals surface area contributed by atoms with Gasteiger partial charge in [-0.25, -0.2) is 8.78 Å². The van der Waals surface area contributed by atoms with Crippen LogP contribution in [0.15, 0.2) is 48.8 Å². The van der Waals surface area contributed by atoms with Crippen LogP contribution in [0.25, 0.3) is 21.8 Å². The number of H-pyrrole nitrogens is 2. The maximum Gasteiger partial charge on any atom is 0.227 e. The Morgan fingerprint density at radius 3 is 2.28 bits per heavy atom. The molecule has 29 heavy (non-hydrogen) atoms. The Bertz CT molecular complexity index is 1200. The highest BCUT2D eigenvalue weighted by Crippen LogP contribution is 2.33. The fraction of sp³-hybridized carbons (Fsp3) is 0.261. The van der Waals surface area contributed by atoms with E-state index >= 15 is 0 Å². The highest BCUT2D eigenvalue weighted by atomic mass is 19.1. The minimum Gasteiger partial charge on any atom is -0.361 e. The maximum atomic E-state index is 13.7. The van der Waals surface area contributed by atoms with Crippen LogP contribution < -0.4 is 0 Å². The van der Waals surface area contributed by atoms with Crippen LogP contribution in [-0.4, -0.2) is 33.9 Å². The van der Waals surface area contributed by atoms with Crippen molar-refractivity contribution in [3.63, 3.8) is 0 Å². The average Bonchev–Trinajstić information content (AvgIpc) is 3.32. The number of aromatic nitrogens is 2. The molecule has 6 heteroatoms. The first-order valence-corrected chi connectivity index (χ1v) is 9.88. The van der Waals surface area contributed by atoms with Crippen molar-refractivity contribution in [2.75, 3.05) is 13.1 Å². The lowest BCUT2D eigenvalue weighted by Crippen LogP contribution is -2.38. The highest BCUT2D eigenvalue weighted by molar-refractivity contribution is 5.89. The zero-order valence-corrected chi connectivity index (χ0v) is 15.8. The molecule has 2 N–H and O–H groups in total. The van der Waals surface area contributed by atoms with Crippen molar-refractivity contribution in [2.24, 2.45) is 0 Å². The lowest BCUT2D eigenvalue weighted by molar-refractivity contribution is -0.131. The van der Waals surface area contributed by atoms with Gasteiger partial charge in [0.15, 0.2) is 0 Å². The zero-order chi connectivity index (χ0) is 20.0. The predicted octanol–water partition coefficient (Wildman–Crippen LogP) is 4.88. The smallest absolute Gasteiger partial charge is 0.227 e. The molecule has 0 saturated carbocycles. The van der Waals surface area contributed by atoms with Gasteiger partial charge in [-0.15, -0.1) is 0 Å². The summed E-state index contributed by atoms with van der Waals surface area (Å²) < 4.78 is 27.2. The van der Waals surface area contributed by atoms with Gasteiger partial charge in [0, 0.05) is 47.3 Å². The molecule has 3 heterocycles. The second-order valence-electron chi connectivity index (χ2n) is 7.77. The number of hydrogen-bond donors (Lipinski definition) is 2. The number of nitrogens with zero attached hydrogens (tertiary/aromatic N) is 1. The molecule has 4 aromatic rings. The molecule has 2 aromatic carbocycles. The van der Waals surface area contributed by atoms with Crippen LogP contribution in [0.4, 0.5) is 8.78 Å². The Labute approximate surface area is 166 Å². The van der Waals surface area contributed by atoms with Crippen molar-refractivity contribution < 1.29 is 13.6 Å². The van der Waals surface area contributed by atoms with Gasteiger partial charge in [-0.05, 0) is 66.3 Å². The van der Waals surface area contributed by atoms with Gasteiger partial charge in [0.2, 0.25) is 5.91 Å². The average molecular weight is 393 g/mol. The molecule has 1 aliphatic heterocycles. The van der Waals surface area contributed by atoms with Gasteiger partial charge in [0.1, 0.15) is 11.6 Å². The lowest BCUT2D eigenvalue weighted by Gasteiger charge is -2.32. The van der Waals surface area contributed by atoms with Crippen LogP contribution in [-0.2, 0) is 11.2 Å². The number of benzene rings is 2. The topological polar surface area (TPSA) is 51.9 Å². The molecular weight excluding hydrogens is 372 g/mol. The van der Waals surface area contributed by atoms with Crippen molar-refractivity contribution >= 4 is 27.7 Å². The maximum absolute atomic E-state index is 13.7. The molecule has 1 amide bonds. The van der Waals surface area contributed by atoms with E-state index in [-0.39, 0.29) is 24.0 Å². The van der Waals surface area contributed by atoms with Crippen LogP contribution in [0.1, 0.15) is 29.9 Å². The predicted molar refractivity (Wildman–Crippen MR) is 109 cm³/mol. The molecule has 5 rings (SSSR count). The van der Waals surface area contributed by atoms with E-state index in [2.05, 4.69) is 9.97 Å². The molecular formula is C23H21F2N3O. The van der Waals surface area contributed by atoms with E-state index < -0.39 is 0 Å². The fourth-order valence-electron chi connectivity index (χ4n) is 4.46. The largest absolute Gasteiger partial charge is 0.361 e. The van der Waals surface area contributed by atoms with E-state index in [1.165, 1.54) is 18.2 Å². The summed E-state index contributed by atoms with van der Waals surface area (Å²) in [6, 6.07) is 9.36. The number of fused-ring (bicyclic) bond motifs is 2. The third kappa shape index (κ3) is 3.28. The Morgan fingerprint density at radius 2 is 1.55 bits per heavy atom. The second kappa shape index (κ2) is 7.03. The number of hydrogen-bond acceptors (Lipinski definition) is 1. The second-order valence-corrected chi connectivity index (χ2v) is 7.77. The molecule has 1 fully saturated rings. The van der Waals surface area contributed by atoms with E-state index in [4.69, 9.17) is 0 Å². The quantitative estimate of drug-likeness (QED) is 0.512. The summed E-state index contributed by atoms with van der Waals surface area (Å²) in [6.07, 6.45) is 5.70. The molecule has 0 radical (unpaired) electrons. The summed E-state index contributed by atoms with van der Waals surface area (Å²) in [4.78, 5) is 21.0.